The van der Waals surface area contributed by atoms with Crippen LogP contribution in [0, 0.1) is 0 Å². The molecule has 2 saturated heterocycles. The van der Waals surface area contributed by atoms with E-state index in [0.29, 0.717) is 39.2 Å². The van der Waals surface area contributed by atoms with Gasteiger partial charge in [-0.25, -0.2) is 0 Å². The summed E-state index contributed by atoms with van der Waals surface area (Å²) < 4.78 is 11.2. The summed E-state index contributed by atoms with van der Waals surface area (Å²) >= 11 is 0. The maximum atomic E-state index is 12.8. The molecule has 3 fully saturated rings. The number of rotatable bonds is 1. The first-order valence-electron chi connectivity index (χ1n) is 7.50. The number of hydrogen-bond acceptors (Lipinski definition) is 4. The van der Waals surface area contributed by atoms with Crippen molar-refractivity contribution in [1.29, 1.82) is 0 Å². The summed E-state index contributed by atoms with van der Waals surface area (Å²) in [6, 6.07) is 0.248. The largest absolute Gasteiger partial charge is 0.381 e. The molecule has 0 radical (unpaired) electrons. The minimum atomic E-state index is -0.711. The first-order chi connectivity index (χ1) is 9.21. The molecule has 2 unspecified atom stereocenters. The van der Waals surface area contributed by atoms with Crippen molar-refractivity contribution in [2.75, 3.05) is 26.4 Å². The van der Waals surface area contributed by atoms with Crippen LogP contribution in [0.1, 0.15) is 38.5 Å². The van der Waals surface area contributed by atoms with Gasteiger partial charge in [-0.05, 0) is 25.7 Å². The van der Waals surface area contributed by atoms with Gasteiger partial charge in [0.05, 0.1) is 24.3 Å². The summed E-state index contributed by atoms with van der Waals surface area (Å²) in [6.07, 6.45) is 6.05. The SMILES string of the molecule is Cl.NC1(C(=O)N2CCOC3CCCCC32)CCOCC1. The zero-order valence-electron chi connectivity index (χ0n) is 11.9. The number of fused-ring (bicyclic) bond motifs is 1. The Morgan fingerprint density at radius 2 is 1.85 bits per heavy atom. The lowest BCUT2D eigenvalue weighted by molar-refractivity contribution is -0.158. The number of ether oxygens (including phenoxy) is 2. The van der Waals surface area contributed by atoms with E-state index in [4.69, 9.17) is 15.2 Å². The molecule has 0 spiro atoms. The van der Waals surface area contributed by atoms with Crippen molar-refractivity contribution in [1.82, 2.24) is 4.90 Å². The van der Waals surface area contributed by atoms with Gasteiger partial charge < -0.3 is 20.1 Å². The Hall–Kier alpha value is -0.360. The van der Waals surface area contributed by atoms with Gasteiger partial charge in [0.25, 0.3) is 0 Å². The van der Waals surface area contributed by atoms with Gasteiger partial charge in [0.15, 0.2) is 0 Å². The molecular weight excluding hydrogens is 280 g/mol. The second kappa shape index (κ2) is 6.60. The molecule has 1 amide bonds. The van der Waals surface area contributed by atoms with Crippen LogP contribution in [0.4, 0.5) is 0 Å². The van der Waals surface area contributed by atoms with Gasteiger partial charge in [-0.15, -0.1) is 12.4 Å². The average molecular weight is 305 g/mol. The highest BCUT2D eigenvalue weighted by Gasteiger charge is 2.44. The van der Waals surface area contributed by atoms with E-state index in [1.54, 1.807) is 0 Å². The van der Waals surface area contributed by atoms with Crippen molar-refractivity contribution < 1.29 is 14.3 Å². The van der Waals surface area contributed by atoms with Gasteiger partial charge >= 0.3 is 0 Å². The van der Waals surface area contributed by atoms with Crippen molar-refractivity contribution in [3.63, 3.8) is 0 Å². The summed E-state index contributed by atoms with van der Waals surface area (Å²) in [4.78, 5) is 14.8. The van der Waals surface area contributed by atoms with Crippen LogP contribution in [0.15, 0.2) is 0 Å². The van der Waals surface area contributed by atoms with E-state index in [2.05, 4.69) is 0 Å². The van der Waals surface area contributed by atoms with Gasteiger partial charge in [-0.3, -0.25) is 4.79 Å². The van der Waals surface area contributed by atoms with Crippen LogP contribution in [0.25, 0.3) is 0 Å². The third-order valence-electron chi connectivity index (χ3n) is 4.80. The number of nitrogens with two attached hydrogens (primary N) is 1. The van der Waals surface area contributed by atoms with Crippen LogP contribution < -0.4 is 5.73 Å². The fraction of sp³-hybridized carbons (Fsp3) is 0.929. The maximum absolute atomic E-state index is 12.8. The fourth-order valence-electron chi connectivity index (χ4n) is 3.58. The van der Waals surface area contributed by atoms with E-state index in [1.165, 1.54) is 12.8 Å². The Morgan fingerprint density at radius 1 is 1.15 bits per heavy atom. The Morgan fingerprint density at radius 3 is 2.60 bits per heavy atom. The molecule has 3 aliphatic rings. The minimum Gasteiger partial charge on any atom is -0.381 e. The van der Waals surface area contributed by atoms with Crippen LogP contribution in [-0.2, 0) is 14.3 Å². The van der Waals surface area contributed by atoms with E-state index in [9.17, 15) is 4.79 Å². The first kappa shape index (κ1) is 16.0. The molecule has 0 aromatic carbocycles. The van der Waals surface area contributed by atoms with Crippen molar-refractivity contribution in [3.05, 3.63) is 0 Å². The number of carbonyl (C=O) groups excluding carboxylic acids is 1. The second-order valence-electron chi connectivity index (χ2n) is 6.03. The highest BCUT2D eigenvalue weighted by Crippen LogP contribution is 2.31. The number of morpholine rings is 1. The third kappa shape index (κ3) is 2.96. The molecule has 2 N–H and O–H groups in total. The lowest BCUT2D eigenvalue weighted by Gasteiger charge is -2.47. The summed E-state index contributed by atoms with van der Waals surface area (Å²) in [5.41, 5.74) is 5.63. The zero-order chi connectivity index (χ0) is 13.3. The molecule has 6 heteroatoms. The minimum absolute atomic E-state index is 0. The van der Waals surface area contributed by atoms with E-state index < -0.39 is 5.54 Å². The number of nitrogens with zero attached hydrogens (tertiary/aromatic N) is 1. The summed E-state index contributed by atoms with van der Waals surface area (Å²) in [5, 5.41) is 0. The molecule has 1 saturated carbocycles. The molecule has 0 aromatic rings. The predicted octanol–water partition coefficient (Wildman–Crippen LogP) is 1.09. The molecule has 0 bridgehead atoms. The Balaban J connectivity index is 0.00000147. The van der Waals surface area contributed by atoms with Gasteiger partial charge in [0.1, 0.15) is 0 Å². The lowest BCUT2D eigenvalue weighted by Crippen LogP contribution is -2.64. The van der Waals surface area contributed by atoms with Crippen LogP contribution >= 0.6 is 12.4 Å². The Bertz CT molecular complexity index is 345. The van der Waals surface area contributed by atoms with Gasteiger partial charge in [-0.1, -0.05) is 12.8 Å². The van der Waals surface area contributed by atoms with E-state index in [1.807, 2.05) is 4.90 Å². The monoisotopic (exact) mass is 304 g/mol. The topological polar surface area (TPSA) is 64.8 Å². The third-order valence-corrected chi connectivity index (χ3v) is 4.80. The molecule has 116 valence electrons. The van der Waals surface area contributed by atoms with Gasteiger partial charge in [0.2, 0.25) is 5.91 Å². The molecular formula is C14H25ClN2O3. The number of halogens is 1. The van der Waals surface area contributed by atoms with E-state index in [0.717, 1.165) is 12.8 Å². The molecule has 2 atom stereocenters. The predicted molar refractivity (Wildman–Crippen MR) is 77.9 cm³/mol. The Kier molecular flexibility index (Phi) is 5.29. The second-order valence-corrected chi connectivity index (χ2v) is 6.03. The molecule has 2 heterocycles. The quantitative estimate of drug-likeness (QED) is 0.787. The summed E-state index contributed by atoms with van der Waals surface area (Å²) in [7, 11) is 0. The highest BCUT2D eigenvalue weighted by molar-refractivity contribution is 5.86. The van der Waals surface area contributed by atoms with Crippen LogP contribution in [0.5, 0.6) is 0 Å². The lowest BCUT2D eigenvalue weighted by atomic mass is 9.85. The molecule has 1 aliphatic carbocycles. The van der Waals surface area contributed by atoms with Crippen molar-refractivity contribution in [2.45, 2.75) is 56.2 Å². The number of hydrogen-bond donors (Lipinski definition) is 1. The van der Waals surface area contributed by atoms with Crippen molar-refractivity contribution in [2.24, 2.45) is 5.73 Å². The van der Waals surface area contributed by atoms with Crippen LogP contribution in [0.3, 0.4) is 0 Å². The molecule has 3 rings (SSSR count). The van der Waals surface area contributed by atoms with E-state index in [-0.39, 0.29) is 30.5 Å². The zero-order valence-corrected chi connectivity index (χ0v) is 12.7. The molecule has 0 aromatic heterocycles. The van der Waals surface area contributed by atoms with E-state index >= 15 is 0 Å². The fourth-order valence-corrected chi connectivity index (χ4v) is 3.58. The van der Waals surface area contributed by atoms with Crippen molar-refractivity contribution in [3.8, 4) is 0 Å². The number of carbonyl (C=O) groups is 1. The summed E-state index contributed by atoms with van der Waals surface area (Å²) in [5.74, 6) is 0.121. The first-order valence-corrected chi connectivity index (χ1v) is 7.50. The average Bonchev–Trinajstić information content (AvgIpc) is 2.47. The standard InChI is InChI=1S/C14H24N2O3.ClH/c15-14(5-8-18-9-6-14)13(17)16-7-10-19-12-4-2-1-3-11(12)16;/h11-12H,1-10,15H2;1H. The van der Waals surface area contributed by atoms with Gasteiger partial charge in [0, 0.05) is 19.8 Å². The molecule has 2 aliphatic heterocycles. The summed E-state index contributed by atoms with van der Waals surface area (Å²) in [6.45, 7) is 2.54. The normalized spacial score (nSPS) is 33.0. The Labute approximate surface area is 126 Å². The highest BCUT2D eigenvalue weighted by atomic mass is 35.5. The number of amides is 1. The molecule has 20 heavy (non-hydrogen) atoms. The van der Waals surface area contributed by atoms with Gasteiger partial charge in [-0.2, -0.15) is 0 Å². The smallest absolute Gasteiger partial charge is 0.243 e. The van der Waals surface area contributed by atoms with Crippen LogP contribution in [0.2, 0.25) is 0 Å². The molecule has 5 nitrogen and oxygen atoms in total. The van der Waals surface area contributed by atoms with Crippen LogP contribution in [-0.4, -0.2) is 54.9 Å². The maximum Gasteiger partial charge on any atom is 0.243 e. The van der Waals surface area contributed by atoms with Crippen molar-refractivity contribution >= 4 is 18.3 Å².